The predicted molar refractivity (Wildman–Crippen MR) is 113 cm³/mol. The Balaban J connectivity index is 1.68. The lowest BCUT2D eigenvalue weighted by Gasteiger charge is -2.24. The second-order valence-corrected chi connectivity index (χ2v) is 7.95. The minimum absolute atomic E-state index is 0.0406. The third-order valence-corrected chi connectivity index (χ3v) is 6.42. The topological polar surface area (TPSA) is 33.2 Å². The van der Waals surface area contributed by atoms with Crippen LogP contribution in [-0.4, -0.2) is 22.8 Å². The highest BCUT2D eigenvalue weighted by Gasteiger charge is 2.21. The fourth-order valence-corrected chi connectivity index (χ4v) is 4.24. The summed E-state index contributed by atoms with van der Waals surface area (Å²) in [5.74, 6) is 0.126. The van der Waals surface area contributed by atoms with Crippen molar-refractivity contribution in [3.8, 4) is 11.1 Å². The van der Waals surface area contributed by atoms with Crippen LogP contribution in [-0.2, 0) is 17.6 Å². The van der Waals surface area contributed by atoms with Crippen LogP contribution in [0.3, 0.4) is 0 Å². The van der Waals surface area contributed by atoms with Crippen molar-refractivity contribution in [3.05, 3.63) is 75.7 Å². The van der Waals surface area contributed by atoms with E-state index in [1.54, 1.807) is 11.3 Å². The molecule has 1 atom stereocenters. The maximum atomic E-state index is 12.8. The van der Waals surface area contributed by atoms with Gasteiger partial charge < -0.3 is 4.90 Å². The maximum Gasteiger partial charge on any atom is 0.227 e. The Bertz CT molecular complexity index is 900. The van der Waals surface area contributed by atoms with E-state index >= 15 is 0 Å². The molecule has 3 rings (SSSR count). The van der Waals surface area contributed by atoms with Crippen molar-refractivity contribution in [1.82, 2.24) is 9.88 Å². The number of benzene rings is 2. The molecule has 140 valence electrons. The highest BCUT2D eigenvalue weighted by molar-refractivity contribution is 7.11. The number of aromatic nitrogens is 1. The number of carbonyl (C=O) groups excluding carboxylic acids is 1. The lowest BCUT2D eigenvalue weighted by molar-refractivity contribution is -0.131. The van der Waals surface area contributed by atoms with E-state index in [9.17, 15) is 4.79 Å². The summed E-state index contributed by atoms with van der Waals surface area (Å²) in [7, 11) is 1.89. The van der Waals surface area contributed by atoms with Gasteiger partial charge in [0.05, 0.1) is 23.2 Å². The Kier molecular flexibility index (Phi) is 6.07. The third kappa shape index (κ3) is 4.45. The number of likely N-dealkylation sites (N-methyl/N-ethyl adjacent to an activating group) is 1. The highest BCUT2D eigenvalue weighted by atomic mass is 32.1. The number of rotatable bonds is 6. The third-order valence-electron chi connectivity index (χ3n) is 4.95. The molecule has 0 aliphatic rings. The molecule has 4 heteroatoms. The zero-order valence-electron chi connectivity index (χ0n) is 16.4. The average Bonchev–Trinajstić information content (AvgIpc) is 3.09. The van der Waals surface area contributed by atoms with Crippen LogP contribution in [0, 0.1) is 6.92 Å². The van der Waals surface area contributed by atoms with Gasteiger partial charge in [0.15, 0.2) is 0 Å². The van der Waals surface area contributed by atoms with Gasteiger partial charge in [-0.2, -0.15) is 0 Å². The van der Waals surface area contributed by atoms with E-state index in [-0.39, 0.29) is 11.9 Å². The lowest BCUT2D eigenvalue weighted by Crippen LogP contribution is -2.30. The number of nitrogens with zero attached hydrogens (tertiary/aromatic N) is 2. The first-order chi connectivity index (χ1) is 13.0. The smallest absolute Gasteiger partial charge is 0.227 e. The van der Waals surface area contributed by atoms with Gasteiger partial charge in [-0.05, 0) is 37.0 Å². The Labute approximate surface area is 165 Å². The maximum absolute atomic E-state index is 12.8. The van der Waals surface area contributed by atoms with E-state index in [0.29, 0.717) is 6.42 Å². The molecular formula is C23H26N2OS. The lowest BCUT2D eigenvalue weighted by atomic mass is 10.0. The molecule has 3 aromatic rings. The van der Waals surface area contributed by atoms with E-state index in [2.05, 4.69) is 43.1 Å². The number of hydrogen-bond acceptors (Lipinski definition) is 3. The second-order valence-electron chi connectivity index (χ2n) is 6.83. The van der Waals surface area contributed by atoms with Crippen LogP contribution in [0.5, 0.6) is 0 Å². The summed E-state index contributed by atoms with van der Waals surface area (Å²) >= 11 is 1.71. The largest absolute Gasteiger partial charge is 0.338 e. The van der Waals surface area contributed by atoms with E-state index in [1.165, 1.54) is 16.0 Å². The quantitative estimate of drug-likeness (QED) is 0.572. The van der Waals surface area contributed by atoms with Gasteiger partial charge in [0, 0.05) is 11.9 Å². The van der Waals surface area contributed by atoms with Crippen molar-refractivity contribution in [3.63, 3.8) is 0 Å². The van der Waals surface area contributed by atoms with E-state index in [0.717, 1.165) is 22.7 Å². The first kappa shape index (κ1) is 19.3. The molecule has 1 aromatic heterocycles. The molecule has 0 saturated heterocycles. The van der Waals surface area contributed by atoms with Gasteiger partial charge in [-0.15, -0.1) is 11.3 Å². The van der Waals surface area contributed by atoms with Crippen molar-refractivity contribution in [2.75, 3.05) is 7.05 Å². The van der Waals surface area contributed by atoms with E-state index in [1.807, 2.05) is 49.2 Å². The van der Waals surface area contributed by atoms with Crippen LogP contribution < -0.4 is 0 Å². The van der Waals surface area contributed by atoms with Crippen molar-refractivity contribution < 1.29 is 4.79 Å². The molecule has 0 aliphatic heterocycles. The molecule has 3 nitrogen and oxygen atoms in total. The zero-order chi connectivity index (χ0) is 19.4. The van der Waals surface area contributed by atoms with E-state index in [4.69, 9.17) is 0 Å². The Morgan fingerprint density at radius 2 is 1.70 bits per heavy atom. The van der Waals surface area contributed by atoms with Gasteiger partial charge >= 0.3 is 0 Å². The van der Waals surface area contributed by atoms with Crippen molar-refractivity contribution in [1.29, 1.82) is 0 Å². The molecule has 0 spiro atoms. The standard InChI is InChI=1S/C23H26N2OS/c1-5-21-24-16(2)23(27-21)17(3)25(4)22(26)15-18-11-13-20(14-12-18)19-9-7-6-8-10-19/h6-14,17H,5,15H2,1-4H3. The molecule has 2 aromatic carbocycles. The number of hydrogen-bond donors (Lipinski definition) is 0. The summed E-state index contributed by atoms with van der Waals surface area (Å²) in [5.41, 5.74) is 4.43. The van der Waals surface area contributed by atoms with Crippen molar-refractivity contribution in [2.45, 2.75) is 39.7 Å². The summed E-state index contributed by atoms with van der Waals surface area (Å²) in [6, 6.07) is 18.6. The summed E-state index contributed by atoms with van der Waals surface area (Å²) in [5, 5.41) is 1.13. The molecule has 0 radical (unpaired) electrons. The zero-order valence-corrected chi connectivity index (χ0v) is 17.2. The average molecular weight is 379 g/mol. The molecule has 1 amide bonds. The summed E-state index contributed by atoms with van der Waals surface area (Å²) < 4.78 is 0. The number of aryl methyl sites for hydroxylation is 2. The van der Waals surface area contributed by atoms with Crippen LogP contribution in [0.1, 0.15) is 41.0 Å². The van der Waals surface area contributed by atoms with Crippen molar-refractivity contribution >= 4 is 17.2 Å². The molecule has 0 fully saturated rings. The first-order valence-corrected chi connectivity index (χ1v) is 10.2. The van der Waals surface area contributed by atoms with Crippen LogP contribution in [0.2, 0.25) is 0 Å². The fourth-order valence-electron chi connectivity index (χ4n) is 3.14. The van der Waals surface area contributed by atoms with Crippen LogP contribution in [0.15, 0.2) is 54.6 Å². The van der Waals surface area contributed by atoms with Crippen LogP contribution >= 0.6 is 11.3 Å². The summed E-state index contributed by atoms with van der Waals surface area (Å²) in [4.78, 5) is 20.4. The molecule has 0 aliphatic carbocycles. The SMILES string of the molecule is CCc1nc(C)c(C(C)N(C)C(=O)Cc2ccc(-c3ccccc3)cc2)s1. The Morgan fingerprint density at radius 3 is 2.30 bits per heavy atom. The molecular weight excluding hydrogens is 352 g/mol. The van der Waals surface area contributed by atoms with Crippen LogP contribution in [0.25, 0.3) is 11.1 Å². The minimum atomic E-state index is 0.0406. The highest BCUT2D eigenvalue weighted by Crippen LogP contribution is 2.29. The summed E-state index contributed by atoms with van der Waals surface area (Å²) in [6.07, 6.45) is 1.35. The number of carbonyl (C=O) groups is 1. The van der Waals surface area contributed by atoms with Gasteiger partial charge in [-0.25, -0.2) is 4.98 Å². The van der Waals surface area contributed by atoms with E-state index < -0.39 is 0 Å². The Hall–Kier alpha value is -2.46. The molecule has 27 heavy (non-hydrogen) atoms. The molecule has 0 saturated carbocycles. The second kappa shape index (κ2) is 8.49. The number of thiazole rings is 1. The fraction of sp³-hybridized carbons (Fsp3) is 0.304. The van der Waals surface area contributed by atoms with Crippen LogP contribution in [0.4, 0.5) is 0 Å². The molecule has 1 heterocycles. The normalized spacial score (nSPS) is 12.0. The molecule has 0 bridgehead atoms. The Morgan fingerprint density at radius 1 is 1.07 bits per heavy atom. The van der Waals surface area contributed by atoms with Gasteiger partial charge in [0.1, 0.15) is 0 Å². The molecule has 0 N–H and O–H groups in total. The van der Waals surface area contributed by atoms with Gasteiger partial charge in [-0.3, -0.25) is 4.79 Å². The first-order valence-electron chi connectivity index (χ1n) is 9.35. The van der Waals surface area contributed by atoms with Gasteiger partial charge in [0.25, 0.3) is 0 Å². The molecule has 1 unspecified atom stereocenters. The number of amides is 1. The monoisotopic (exact) mass is 378 g/mol. The van der Waals surface area contributed by atoms with Gasteiger partial charge in [-0.1, -0.05) is 61.5 Å². The van der Waals surface area contributed by atoms with Crippen molar-refractivity contribution in [2.24, 2.45) is 0 Å². The minimum Gasteiger partial charge on any atom is -0.338 e. The van der Waals surface area contributed by atoms with Gasteiger partial charge in [0.2, 0.25) is 5.91 Å². The predicted octanol–water partition coefficient (Wildman–Crippen LogP) is 5.44. The summed E-state index contributed by atoms with van der Waals surface area (Å²) in [6.45, 7) is 6.22.